The van der Waals surface area contributed by atoms with Gasteiger partial charge >= 0.3 is 0 Å². The minimum Gasteiger partial charge on any atom is -0.339 e. The van der Waals surface area contributed by atoms with Crippen LogP contribution >= 0.6 is 0 Å². The van der Waals surface area contributed by atoms with E-state index in [1.165, 1.54) is 24.1 Å². The maximum absolute atomic E-state index is 13.5. The largest absolute Gasteiger partial charge is 0.339 e. The Bertz CT molecular complexity index is 637. The average Bonchev–Trinajstić information content (AvgIpc) is 2.35. The lowest BCUT2D eigenvalue weighted by Gasteiger charge is -2.31. The van der Waals surface area contributed by atoms with E-state index in [0.29, 0.717) is 0 Å². The van der Waals surface area contributed by atoms with Gasteiger partial charge in [-0.15, -0.1) is 0 Å². The van der Waals surface area contributed by atoms with Crippen LogP contribution in [-0.4, -0.2) is 37.2 Å². The van der Waals surface area contributed by atoms with Crippen molar-refractivity contribution in [3.8, 4) is 0 Å². The molecular weight excluding hydrogens is 269 g/mol. The van der Waals surface area contributed by atoms with Gasteiger partial charge in [-0.3, -0.25) is 9.71 Å². The molecule has 1 N–H and O–H groups in total. The first-order chi connectivity index (χ1) is 8.82. The molecule has 1 heterocycles. The first-order valence-corrected chi connectivity index (χ1v) is 7.02. The summed E-state index contributed by atoms with van der Waals surface area (Å²) in [5.41, 5.74) is 0.943. The Morgan fingerprint density at radius 1 is 1.26 bits per heavy atom. The van der Waals surface area contributed by atoms with Crippen molar-refractivity contribution in [1.82, 2.24) is 9.21 Å². The molecule has 0 unspecified atom stereocenters. The highest BCUT2D eigenvalue weighted by Gasteiger charge is 2.29. The summed E-state index contributed by atoms with van der Waals surface area (Å²) in [5, 5.41) is 7.39. The van der Waals surface area contributed by atoms with Crippen LogP contribution in [0.25, 0.3) is 0 Å². The fourth-order valence-electron chi connectivity index (χ4n) is 1.68. The molecule has 1 aromatic carbocycles. The van der Waals surface area contributed by atoms with E-state index < -0.39 is 15.9 Å². The van der Waals surface area contributed by atoms with Crippen LogP contribution in [-0.2, 0) is 10.0 Å². The molecule has 1 aliphatic heterocycles. The maximum atomic E-state index is 13.5. The fourth-order valence-corrected chi connectivity index (χ4v) is 2.99. The molecule has 7 heteroatoms. The lowest BCUT2D eigenvalue weighted by atomic mass is 10.2. The van der Waals surface area contributed by atoms with Crippen LogP contribution in [0, 0.1) is 12.3 Å². The van der Waals surface area contributed by atoms with E-state index in [-0.39, 0.29) is 17.4 Å². The van der Waals surface area contributed by atoms with Crippen LogP contribution in [0.5, 0.6) is 0 Å². The van der Waals surface area contributed by atoms with Crippen LogP contribution in [0.2, 0.25) is 0 Å². The van der Waals surface area contributed by atoms with E-state index in [1.807, 2.05) is 6.92 Å². The quantitative estimate of drug-likeness (QED) is 0.898. The van der Waals surface area contributed by atoms with Gasteiger partial charge in [-0.25, -0.2) is 12.8 Å². The molecule has 5 nitrogen and oxygen atoms in total. The van der Waals surface area contributed by atoms with E-state index in [4.69, 9.17) is 5.41 Å². The second-order valence-electron chi connectivity index (χ2n) is 4.37. The molecule has 0 saturated carbocycles. The summed E-state index contributed by atoms with van der Waals surface area (Å²) in [4.78, 5) is 1.32. The Labute approximate surface area is 111 Å². The second kappa shape index (κ2) is 4.65. The number of sulfonamides is 1. The Morgan fingerprint density at radius 2 is 1.84 bits per heavy atom. The Kier molecular flexibility index (Phi) is 3.32. The van der Waals surface area contributed by atoms with Crippen molar-refractivity contribution in [2.45, 2.75) is 11.8 Å². The first kappa shape index (κ1) is 13.5. The van der Waals surface area contributed by atoms with Gasteiger partial charge in [0.25, 0.3) is 10.0 Å². The molecule has 0 bridgehead atoms. The number of hydrogen-bond donors (Lipinski definition) is 1. The number of nitrogens with one attached hydrogen (secondary N) is 1. The Morgan fingerprint density at radius 3 is 2.37 bits per heavy atom. The van der Waals surface area contributed by atoms with Crippen LogP contribution in [0.15, 0.2) is 41.2 Å². The molecule has 2 rings (SSSR count). The molecule has 0 amide bonds. The number of benzene rings is 1. The average molecular weight is 283 g/mol. The van der Waals surface area contributed by atoms with Gasteiger partial charge in [0.15, 0.2) is 11.7 Å². The summed E-state index contributed by atoms with van der Waals surface area (Å²) in [6.07, 6.45) is 0.845. The van der Waals surface area contributed by atoms with Gasteiger partial charge in [0.05, 0.1) is 11.1 Å². The van der Waals surface area contributed by atoms with Crippen molar-refractivity contribution < 1.29 is 12.8 Å². The summed E-state index contributed by atoms with van der Waals surface area (Å²) in [6.45, 7) is 1.77. The molecule has 1 aromatic rings. The predicted molar refractivity (Wildman–Crippen MR) is 69.8 cm³/mol. The van der Waals surface area contributed by atoms with Crippen molar-refractivity contribution in [2.24, 2.45) is 0 Å². The normalized spacial score (nSPS) is 16.6. The Balaban J connectivity index is 2.41. The van der Waals surface area contributed by atoms with Crippen molar-refractivity contribution in [1.29, 1.82) is 5.41 Å². The fraction of sp³-hybridized carbons (Fsp3) is 0.250. The topological polar surface area (TPSA) is 64.5 Å². The predicted octanol–water partition coefficient (Wildman–Crippen LogP) is 1.68. The van der Waals surface area contributed by atoms with Crippen LogP contribution in [0.4, 0.5) is 4.39 Å². The molecular formula is C12H14FN3O2S. The van der Waals surface area contributed by atoms with E-state index in [0.717, 1.165) is 16.1 Å². The lowest BCUT2D eigenvalue weighted by Crippen LogP contribution is -2.43. The van der Waals surface area contributed by atoms with Gasteiger partial charge in [-0.1, -0.05) is 17.7 Å². The monoisotopic (exact) mass is 283 g/mol. The highest BCUT2D eigenvalue weighted by atomic mass is 32.2. The number of amidine groups is 1. The molecule has 0 atom stereocenters. The zero-order valence-electron chi connectivity index (χ0n) is 10.6. The minimum absolute atomic E-state index is 0.0809. The highest BCUT2D eigenvalue weighted by molar-refractivity contribution is 7.89. The third kappa shape index (κ3) is 2.46. The molecule has 0 aromatic heterocycles. The van der Waals surface area contributed by atoms with Crippen molar-refractivity contribution in [2.75, 3.05) is 13.7 Å². The Hall–Kier alpha value is -1.89. The number of nitrogens with zero attached hydrogens (tertiary/aromatic N) is 2. The first-order valence-electron chi connectivity index (χ1n) is 5.58. The number of aryl methyl sites for hydroxylation is 1. The van der Waals surface area contributed by atoms with Gasteiger partial charge < -0.3 is 4.90 Å². The standard InChI is InChI=1S/C12H14FN3O2S/c1-9-3-5-10(6-4-9)19(17,18)16-7-11(13)12(14)15(2)8-16/h3-7,14H,8H2,1-2H3. The van der Waals surface area contributed by atoms with Gasteiger partial charge in [-0.2, -0.15) is 0 Å². The number of hydrogen-bond acceptors (Lipinski definition) is 3. The summed E-state index contributed by atoms with van der Waals surface area (Å²) >= 11 is 0. The van der Waals surface area contributed by atoms with E-state index in [9.17, 15) is 12.8 Å². The van der Waals surface area contributed by atoms with Gasteiger partial charge in [0.1, 0.15) is 6.67 Å². The third-order valence-electron chi connectivity index (χ3n) is 2.84. The number of halogens is 1. The minimum atomic E-state index is -3.79. The van der Waals surface area contributed by atoms with Crippen LogP contribution in [0.1, 0.15) is 5.56 Å². The molecule has 1 aliphatic rings. The SMILES string of the molecule is Cc1ccc(S(=O)(=O)N2C=C(F)C(=N)N(C)C2)cc1. The molecule has 0 radical (unpaired) electrons. The molecule has 0 spiro atoms. The van der Waals surface area contributed by atoms with Crippen molar-refractivity contribution in [3.63, 3.8) is 0 Å². The van der Waals surface area contributed by atoms with Gasteiger partial charge in [0, 0.05) is 7.05 Å². The molecule has 102 valence electrons. The number of rotatable bonds is 2. The summed E-state index contributed by atoms with van der Waals surface area (Å²) in [6, 6.07) is 6.33. The molecule has 19 heavy (non-hydrogen) atoms. The lowest BCUT2D eigenvalue weighted by molar-refractivity contribution is 0.340. The maximum Gasteiger partial charge on any atom is 0.265 e. The highest BCUT2D eigenvalue weighted by Crippen LogP contribution is 2.21. The third-order valence-corrected chi connectivity index (χ3v) is 4.55. The zero-order valence-corrected chi connectivity index (χ0v) is 11.4. The van der Waals surface area contributed by atoms with Gasteiger partial charge in [-0.05, 0) is 19.1 Å². The van der Waals surface area contributed by atoms with E-state index in [1.54, 1.807) is 12.1 Å². The summed E-state index contributed by atoms with van der Waals surface area (Å²) in [7, 11) is -2.32. The molecule has 0 saturated heterocycles. The summed E-state index contributed by atoms with van der Waals surface area (Å²) < 4.78 is 39.0. The van der Waals surface area contributed by atoms with Crippen molar-refractivity contribution in [3.05, 3.63) is 41.9 Å². The smallest absolute Gasteiger partial charge is 0.265 e. The molecule has 0 fully saturated rings. The summed E-state index contributed by atoms with van der Waals surface area (Å²) in [5.74, 6) is -1.19. The second-order valence-corrected chi connectivity index (χ2v) is 6.26. The van der Waals surface area contributed by atoms with E-state index >= 15 is 0 Å². The number of likely N-dealkylation sites (N-methyl/N-ethyl adjacent to an activating group) is 1. The zero-order chi connectivity index (χ0) is 14.2. The van der Waals surface area contributed by atoms with E-state index in [2.05, 4.69) is 0 Å². The van der Waals surface area contributed by atoms with Crippen LogP contribution < -0.4 is 0 Å². The van der Waals surface area contributed by atoms with Crippen LogP contribution in [0.3, 0.4) is 0 Å². The van der Waals surface area contributed by atoms with Gasteiger partial charge in [0.2, 0.25) is 0 Å². The molecule has 0 aliphatic carbocycles. The van der Waals surface area contributed by atoms with Crippen molar-refractivity contribution >= 4 is 15.9 Å².